The Morgan fingerprint density at radius 3 is 2.44 bits per heavy atom. The molecule has 0 aliphatic carbocycles. The molecule has 3 N–H and O–H groups in total. The Morgan fingerprint density at radius 2 is 2.06 bits per heavy atom. The van der Waals surface area contributed by atoms with E-state index in [2.05, 4.69) is 10.5 Å². The normalized spacial score (nSPS) is 15.9. The van der Waals surface area contributed by atoms with Crippen LogP contribution in [0.2, 0.25) is 0 Å². The number of nitrogens with one attached hydrogen (secondary N) is 1. The van der Waals surface area contributed by atoms with E-state index < -0.39 is 15.1 Å². The summed E-state index contributed by atoms with van der Waals surface area (Å²) in [6, 6.07) is 1.84. The molecule has 2 atom stereocenters. The first-order valence-electron chi connectivity index (χ1n) is 5.94. The number of rotatable bonds is 6. The van der Waals surface area contributed by atoms with Crippen molar-refractivity contribution in [1.82, 2.24) is 15.2 Å². The zero-order valence-corrected chi connectivity index (χ0v) is 12.1. The SMILES string of the molecule is CC(C)n1ccc(CC(NN)C(C)S(C)(=O)=O)n1. The van der Waals surface area contributed by atoms with Crippen molar-refractivity contribution in [2.24, 2.45) is 5.84 Å². The first kappa shape index (κ1) is 15.1. The summed E-state index contributed by atoms with van der Waals surface area (Å²) in [7, 11) is -3.12. The highest BCUT2D eigenvalue weighted by Gasteiger charge is 2.25. The van der Waals surface area contributed by atoms with E-state index in [1.807, 2.05) is 30.8 Å². The van der Waals surface area contributed by atoms with Gasteiger partial charge in [-0.2, -0.15) is 5.10 Å². The number of hydrogen-bond acceptors (Lipinski definition) is 5. The van der Waals surface area contributed by atoms with Gasteiger partial charge in [-0.15, -0.1) is 0 Å². The van der Waals surface area contributed by atoms with Gasteiger partial charge in [-0.05, 0) is 26.8 Å². The van der Waals surface area contributed by atoms with Crippen LogP contribution in [0.4, 0.5) is 0 Å². The fourth-order valence-electron chi connectivity index (χ4n) is 1.66. The summed E-state index contributed by atoms with van der Waals surface area (Å²) in [6.45, 7) is 5.72. The number of nitrogens with two attached hydrogens (primary N) is 1. The minimum absolute atomic E-state index is 0.287. The van der Waals surface area contributed by atoms with Crippen molar-refractivity contribution in [2.75, 3.05) is 6.26 Å². The fraction of sp³-hybridized carbons (Fsp3) is 0.727. The third-order valence-electron chi connectivity index (χ3n) is 3.08. The van der Waals surface area contributed by atoms with Gasteiger partial charge in [-0.3, -0.25) is 16.0 Å². The largest absolute Gasteiger partial charge is 0.271 e. The number of sulfone groups is 1. The van der Waals surface area contributed by atoms with Gasteiger partial charge in [0.15, 0.2) is 9.84 Å². The van der Waals surface area contributed by atoms with Crippen molar-refractivity contribution in [3.63, 3.8) is 0 Å². The van der Waals surface area contributed by atoms with Crippen molar-refractivity contribution in [1.29, 1.82) is 0 Å². The average molecular weight is 274 g/mol. The smallest absolute Gasteiger partial charge is 0.151 e. The minimum Gasteiger partial charge on any atom is -0.271 e. The zero-order valence-electron chi connectivity index (χ0n) is 11.3. The summed E-state index contributed by atoms with van der Waals surface area (Å²) in [5.41, 5.74) is 3.40. The Hall–Kier alpha value is -0.920. The van der Waals surface area contributed by atoms with Crippen LogP contribution in [0.1, 0.15) is 32.5 Å². The molecular formula is C11H22N4O2S. The van der Waals surface area contributed by atoms with Crippen molar-refractivity contribution in [3.8, 4) is 0 Å². The van der Waals surface area contributed by atoms with Crippen LogP contribution in [0.25, 0.3) is 0 Å². The Morgan fingerprint density at radius 1 is 1.44 bits per heavy atom. The Labute approximate surface area is 108 Å². The third kappa shape index (κ3) is 3.79. The first-order valence-corrected chi connectivity index (χ1v) is 7.90. The third-order valence-corrected chi connectivity index (χ3v) is 4.76. The molecule has 7 heteroatoms. The van der Waals surface area contributed by atoms with Crippen LogP contribution in [0.3, 0.4) is 0 Å². The highest BCUT2D eigenvalue weighted by molar-refractivity contribution is 7.91. The van der Waals surface area contributed by atoms with Gasteiger partial charge in [0.2, 0.25) is 0 Å². The number of nitrogens with zero attached hydrogens (tertiary/aromatic N) is 2. The zero-order chi connectivity index (χ0) is 13.9. The minimum atomic E-state index is -3.12. The predicted molar refractivity (Wildman–Crippen MR) is 71.7 cm³/mol. The molecule has 0 spiro atoms. The van der Waals surface area contributed by atoms with Crippen LogP contribution in [0.15, 0.2) is 12.3 Å². The summed E-state index contributed by atoms with van der Waals surface area (Å²) in [5, 5.41) is 3.84. The summed E-state index contributed by atoms with van der Waals surface area (Å²) < 4.78 is 24.9. The molecule has 104 valence electrons. The quantitative estimate of drug-likeness (QED) is 0.574. The van der Waals surface area contributed by atoms with Crippen LogP contribution in [0.5, 0.6) is 0 Å². The number of aromatic nitrogens is 2. The molecule has 1 aromatic heterocycles. The molecule has 6 nitrogen and oxygen atoms in total. The van der Waals surface area contributed by atoms with Crippen LogP contribution >= 0.6 is 0 Å². The second-order valence-electron chi connectivity index (χ2n) is 4.89. The maximum Gasteiger partial charge on any atom is 0.151 e. The second-order valence-corrected chi connectivity index (χ2v) is 7.30. The Bertz CT molecular complexity index is 481. The van der Waals surface area contributed by atoms with Gasteiger partial charge >= 0.3 is 0 Å². The summed E-state index contributed by atoms with van der Waals surface area (Å²) in [6.07, 6.45) is 3.60. The van der Waals surface area contributed by atoms with Gasteiger partial charge in [0.05, 0.1) is 10.9 Å². The van der Waals surface area contributed by atoms with Crippen LogP contribution in [-0.2, 0) is 16.3 Å². The van der Waals surface area contributed by atoms with Crippen molar-refractivity contribution >= 4 is 9.84 Å². The fourth-order valence-corrected chi connectivity index (χ4v) is 2.43. The standard InChI is InChI=1S/C11H22N4O2S/c1-8(2)15-6-5-10(14-15)7-11(13-12)9(3)18(4,16)17/h5-6,8-9,11,13H,7,12H2,1-4H3. The van der Waals surface area contributed by atoms with E-state index in [1.54, 1.807) is 6.92 Å². The first-order chi connectivity index (χ1) is 8.25. The van der Waals surface area contributed by atoms with E-state index in [-0.39, 0.29) is 12.1 Å². The highest BCUT2D eigenvalue weighted by Crippen LogP contribution is 2.11. The van der Waals surface area contributed by atoms with Gasteiger partial charge in [0.1, 0.15) is 0 Å². The van der Waals surface area contributed by atoms with E-state index in [4.69, 9.17) is 5.84 Å². The van der Waals surface area contributed by atoms with Gasteiger partial charge in [-0.1, -0.05) is 0 Å². The van der Waals surface area contributed by atoms with Gasteiger partial charge in [0.25, 0.3) is 0 Å². The lowest BCUT2D eigenvalue weighted by atomic mass is 10.1. The van der Waals surface area contributed by atoms with Crippen molar-refractivity contribution < 1.29 is 8.42 Å². The molecule has 0 saturated carbocycles. The topological polar surface area (TPSA) is 90.0 Å². The van der Waals surface area contributed by atoms with Gasteiger partial charge in [-0.25, -0.2) is 8.42 Å². The molecule has 18 heavy (non-hydrogen) atoms. The lowest BCUT2D eigenvalue weighted by molar-refractivity contribution is 0.479. The molecule has 0 fully saturated rings. The number of hydrogen-bond donors (Lipinski definition) is 2. The monoisotopic (exact) mass is 274 g/mol. The molecule has 0 aromatic carbocycles. The van der Waals surface area contributed by atoms with E-state index >= 15 is 0 Å². The summed E-state index contributed by atoms with van der Waals surface area (Å²) >= 11 is 0. The average Bonchev–Trinajstić information content (AvgIpc) is 2.72. The molecule has 0 amide bonds. The Balaban J connectivity index is 2.80. The van der Waals surface area contributed by atoms with Crippen LogP contribution in [-0.4, -0.2) is 35.7 Å². The molecule has 0 saturated heterocycles. The Kier molecular flexibility index (Phi) is 4.89. The van der Waals surface area contributed by atoms with Crippen molar-refractivity contribution in [3.05, 3.63) is 18.0 Å². The van der Waals surface area contributed by atoms with E-state index in [1.165, 1.54) is 6.26 Å². The maximum absolute atomic E-state index is 11.5. The van der Waals surface area contributed by atoms with E-state index in [0.29, 0.717) is 6.42 Å². The van der Waals surface area contributed by atoms with Gasteiger partial charge < -0.3 is 0 Å². The molecule has 1 heterocycles. The second kappa shape index (κ2) is 5.81. The van der Waals surface area contributed by atoms with Crippen LogP contribution < -0.4 is 11.3 Å². The molecule has 1 aromatic rings. The predicted octanol–water partition coefficient (Wildman–Crippen LogP) is 0.272. The lowest BCUT2D eigenvalue weighted by Gasteiger charge is -2.20. The molecular weight excluding hydrogens is 252 g/mol. The molecule has 0 radical (unpaired) electrons. The molecule has 0 aliphatic heterocycles. The van der Waals surface area contributed by atoms with Crippen molar-refractivity contribution in [2.45, 2.75) is 44.5 Å². The van der Waals surface area contributed by atoms with E-state index in [9.17, 15) is 8.42 Å². The maximum atomic E-state index is 11.5. The molecule has 2 unspecified atom stereocenters. The van der Waals surface area contributed by atoms with Gasteiger partial charge in [0, 0.05) is 31.0 Å². The summed E-state index contributed by atoms with van der Waals surface area (Å²) in [5.74, 6) is 5.44. The molecule has 0 bridgehead atoms. The van der Waals surface area contributed by atoms with E-state index in [0.717, 1.165) is 5.69 Å². The number of hydrazine groups is 1. The summed E-state index contributed by atoms with van der Waals surface area (Å²) in [4.78, 5) is 0. The molecule has 0 aliphatic rings. The molecule has 1 rings (SSSR count). The lowest BCUT2D eigenvalue weighted by Crippen LogP contribution is -2.47. The van der Waals surface area contributed by atoms with Crippen LogP contribution in [0, 0.1) is 0 Å². The highest BCUT2D eigenvalue weighted by atomic mass is 32.2.